The molecule has 0 amide bonds. The minimum absolute atomic E-state index is 0.193. The molecule has 0 aromatic carbocycles. The number of hydrogen-bond acceptors (Lipinski definition) is 3. The first-order valence-corrected chi connectivity index (χ1v) is 13.6. The van der Waals surface area contributed by atoms with E-state index in [1.165, 1.54) is 38.5 Å². The second-order valence-corrected chi connectivity index (χ2v) is 13.0. The summed E-state index contributed by atoms with van der Waals surface area (Å²) in [5.74, 6) is 4.90. The summed E-state index contributed by atoms with van der Waals surface area (Å²) < 4.78 is 0. The molecule has 3 heteroatoms. The van der Waals surface area contributed by atoms with Crippen LogP contribution in [0.3, 0.4) is 0 Å². The molecule has 0 aliphatic heterocycles. The highest BCUT2D eigenvalue weighted by Crippen LogP contribution is 2.68. The Morgan fingerprint density at radius 2 is 1.81 bits per heavy atom. The second-order valence-electron chi connectivity index (χ2n) is 13.0. The van der Waals surface area contributed by atoms with Crippen LogP contribution < -0.4 is 5.32 Å². The predicted octanol–water partition coefficient (Wildman–Crippen LogP) is 5.85. The molecule has 4 aliphatic carbocycles. The van der Waals surface area contributed by atoms with Crippen LogP contribution in [0.4, 0.5) is 0 Å². The zero-order chi connectivity index (χ0) is 22.4. The van der Waals surface area contributed by atoms with Gasteiger partial charge in [-0.15, -0.1) is 0 Å². The van der Waals surface area contributed by atoms with Gasteiger partial charge >= 0.3 is 0 Å². The molecule has 178 valence electrons. The highest BCUT2D eigenvalue weighted by molar-refractivity contribution is 5.79. The van der Waals surface area contributed by atoms with E-state index >= 15 is 0 Å². The zero-order valence-corrected chi connectivity index (χ0v) is 21.0. The molecule has 0 spiro atoms. The molecule has 3 nitrogen and oxygen atoms in total. The maximum absolute atomic E-state index is 12.2. The van der Waals surface area contributed by atoms with Crippen molar-refractivity contribution in [2.45, 2.75) is 105 Å². The van der Waals surface area contributed by atoms with Crippen molar-refractivity contribution in [1.29, 1.82) is 0 Å². The molecule has 0 saturated heterocycles. The van der Waals surface area contributed by atoms with Gasteiger partial charge in [0.05, 0.1) is 6.10 Å². The van der Waals surface area contributed by atoms with Crippen molar-refractivity contribution in [2.75, 3.05) is 13.1 Å². The first kappa shape index (κ1) is 23.7. The fraction of sp³-hybridized carbons (Fsp3) is 0.964. The lowest BCUT2D eigenvalue weighted by Crippen LogP contribution is -2.58. The largest absolute Gasteiger partial charge is 0.393 e. The fourth-order valence-electron chi connectivity index (χ4n) is 9.10. The van der Waals surface area contributed by atoms with Gasteiger partial charge in [-0.3, -0.25) is 4.79 Å². The molecule has 3 unspecified atom stereocenters. The van der Waals surface area contributed by atoms with Crippen LogP contribution in [0.2, 0.25) is 0 Å². The van der Waals surface area contributed by atoms with Crippen LogP contribution in [0.5, 0.6) is 0 Å². The average molecular weight is 432 g/mol. The zero-order valence-electron chi connectivity index (χ0n) is 21.0. The summed E-state index contributed by atoms with van der Waals surface area (Å²) in [7, 11) is 0. The number of Topliss-reactive ketones (excluding diaryl/α,β-unsaturated/α-hetero) is 1. The molecular formula is C28H49NO2. The highest BCUT2D eigenvalue weighted by Gasteiger charge is 2.62. The van der Waals surface area contributed by atoms with Crippen molar-refractivity contribution < 1.29 is 9.90 Å². The third-order valence-electron chi connectivity index (χ3n) is 10.9. The fourth-order valence-corrected chi connectivity index (χ4v) is 9.10. The van der Waals surface area contributed by atoms with Gasteiger partial charge in [0.2, 0.25) is 0 Å². The highest BCUT2D eigenvalue weighted by atomic mass is 16.3. The second kappa shape index (κ2) is 9.09. The van der Waals surface area contributed by atoms with Crippen molar-refractivity contribution >= 4 is 5.78 Å². The van der Waals surface area contributed by atoms with Gasteiger partial charge in [-0.05, 0) is 117 Å². The summed E-state index contributed by atoms with van der Waals surface area (Å²) in [4.78, 5) is 12.2. The standard InChI is InChI=1S/C28H49NO2/c1-18(2)7-6-14-29-17-19(3)22-8-9-23-26-24(11-13-28(22,23)5)27(4)12-10-21(30)15-20(27)16-25(26)31/h18-20,22-26,29,31H,6-17H2,1-5H3/t19-,20-,22-,23?,24?,25-,26?,27+,28-/m1/s1. The summed E-state index contributed by atoms with van der Waals surface area (Å²) in [5, 5.41) is 15.1. The first-order valence-electron chi connectivity index (χ1n) is 13.6. The Bertz CT molecular complexity index is 647. The Balaban J connectivity index is 1.42. The van der Waals surface area contributed by atoms with Gasteiger partial charge < -0.3 is 10.4 Å². The van der Waals surface area contributed by atoms with Crippen LogP contribution >= 0.6 is 0 Å². The molecule has 0 heterocycles. The average Bonchev–Trinajstić information content (AvgIpc) is 3.06. The van der Waals surface area contributed by atoms with Crippen molar-refractivity contribution in [1.82, 2.24) is 5.32 Å². The first-order chi connectivity index (χ1) is 14.7. The maximum Gasteiger partial charge on any atom is 0.133 e. The van der Waals surface area contributed by atoms with Crippen LogP contribution in [0, 0.1) is 52.3 Å². The minimum atomic E-state index is -0.193. The number of aliphatic hydroxyl groups excluding tert-OH is 1. The van der Waals surface area contributed by atoms with Crippen molar-refractivity contribution in [3.05, 3.63) is 0 Å². The number of hydrogen-bond donors (Lipinski definition) is 2. The van der Waals surface area contributed by atoms with Crippen molar-refractivity contribution in [2.24, 2.45) is 52.3 Å². The van der Waals surface area contributed by atoms with E-state index in [4.69, 9.17) is 0 Å². The van der Waals surface area contributed by atoms with Gasteiger partial charge in [-0.2, -0.15) is 0 Å². The Kier molecular flexibility index (Phi) is 6.96. The number of carbonyl (C=O) groups is 1. The molecule has 9 atom stereocenters. The van der Waals surface area contributed by atoms with E-state index in [-0.39, 0.29) is 11.5 Å². The van der Waals surface area contributed by atoms with E-state index < -0.39 is 0 Å². The molecule has 0 bridgehead atoms. The third kappa shape index (κ3) is 4.27. The van der Waals surface area contributed by atoms with Crippen molar-refractivity contribution in [3.8, 4) is 0 Å². The Morgan fingerprint density at radius 3 is 2.55 bits per heavy atom. The molecule has 4 fully saturated rings. The number of carbonyl (C=O) groups excluding carboxylic acids is 1. The van der Waals surface area contributed by atoms with Crippen LogP contribution in [0.25, 0.3) is 0 Å². The summed E-state index contributed by atoms with van der Waals surface area (Å²) >= 11 is 0. The summed E-state index contributed by atoms with van der Waals surface area (Å²) in [6.07, 6.45) is 11.1. The number of fused-ring (bicyclic) bond motifs is 5. The van der Waals surface area contributed by atoms with E-state index in [2.05, 4.69) is 39.9 Å². The molecular weight excluding hydrogens is 382 g/mol. The lowest BCUT2D eigenvalue weighted by Gasteiger charge is -2.61. The smallest absolute Gasteiger partial charge is 0.133 e. The van der Waals surface area contributed by atoms with Crippen LogP contribution in [0.15, 0.2) is 0 Å². The van der Waals surface area contributed by atoms with E-state index in [9.17, 15) is 9.90 Å². The van der Waals surface area contributed by atoms with E-state index in [1.54, 1.807) is 0 Å². The van der Waals surface area contributed by atoms with E-state index in [0.29, 0.717) is 40.8 Å². The number of ketones is 1. The van der Waals surface area contributed by atoms with Gasteiger partial charge in [0.25, 0.3) is 0 Å². The van der Waals surface area contributed by atoms with Crippen LogP contribution in [0.1, 0.15) is 98.8 Å². The van der Waals surface area contributed by atoms with E-state index in [1.807, 2.05) is 0 Å². The van der Waals surface area contributed by atoms with Gasteiger partial charge in [0.1, 0.15) is 5.78 Å². The Hall–Kier alpha value is -0.410. The summed E-state index contributed by atoms with van der Waals surface area (Å²) in [6, 6.07) is 0. The predicted molar refractivity (Wildman–Crippen MR) is 128 cm³/mol. The van der Waals surface area contributed by atoms with Gasteiger partial charge in [-0.1, -0.05) is 34.6 Å². The lowest BCUT2D eigenvalue weighted by atomic mass is 9.44. The molecule has 4 saturated carbocycles. The monoisotopic (exact) mass is 431 g/mol. The van der Waals surface area contributed by atoms with E-state index in [0.717, 1.165) is 50.6 Å². The number of nitrogens with one attached hydrogen (secondary N) is 1. The Labute approximate surface area is 191 Å². The third-order valence-corrected chi connectivity index (χ3v) is 10.9. The number of aliphatic hydroxyl groups is 1. The lowest BCUT2D eigenvalue weighted by molar-refractivity contribution is -0.168. The van der Waals surface area contributed by atoms with Crippen LogP contribution in [-0.2, 0) is 4.79 Å². The quantitative estimate of drug-likeness (QED) is 0.497. The molecule has 4 rings (SSSR count). The molecule has 31 heavy (non-hydrogen) atoms. The molecule has 0 aromatic heterocycles. The number of rotatable bonds is 7. The Morgan fingerprint density at radius 1 is 1.06 bits per heavy atom. The maximum atomic E-state index is 12.2. The molecule has 4 aliphatic rings. The summed E-state index contributed by atoms with van der Waals surface area (Å²) in [5.41, 5.74) is 0.662. The van der Waals surface area contributed by atoms with Gasteiger partial charge in [-0.25, -0.2) is 0 Å². The normalized spacial score (nSPS) is 45.8. The molecule has 0 aromatic rings. The van der Waals surface area contributed by atoms with Crippen LogP contribution in [-0.4, -0.2) is 30.1 Å². The summed E-state index contributed by atoms with van der Waals surface area (Å²) in [6.45, 7) is 14.4. The molecule has 0 radical (unpaired) electrons. The topological polar surface area (TPSA) is 49.3 Å². The van der Waals surface area contributed by atoms with Gasteiger partial charge in [0.15, 0.2) is 0 Å². The molecule has 2 N–H and O–H groups in total. The van der Waals surface area contributed by atoms with Gasteiger partial charge in [0, 0.05) is 12.8 Å². The SMILES string of the molecule is CC(C)CCCNC[C@@H](C)[C@H]1CCC2C3C(CC[C@@]21C)[C@@]1(C)CCC(=O)C[C@@H]1C[C@H]3O. The van der Waals surface area contributed by atoms with Crippen molar-refractivity contribution in [3.63, 3.8) is 0 Å². The minimum Gasteiger partial charge on any atom is -0.393 e.